The van der Waals surface area contributed by atoms with Crippen LogP contribution >= 0.6 is 23.1 Å². The van der Waals surface area contributed by atoms with Gasteiger partial charge < -0.3 is 5.32 Å². The Kier molecular flexibility index (Phi) is 6.48. The Labute approximate surface area is 156 Å². The van der Waals surface area contributed by atoms with Gasteiger partial charge in [0.05, 0.1) is 22.0 Å². The normalized spacial score (nSPS) is 12.2. The van der Waals surface area contributed by atoms with Crippen molar-refractivity contribution in [3.8, 4) is 0 Å². The number of rotatable bonds is 8. The Morgan fingerprint density at radius 2 is 1.92 bits per heavy atom. The number of carbonyl (C=O) groups excluding carboxylic acids is 1. The van der Waals surface area contributed by atoms with Gasteiger partial charge in [-0.25, -0.2) is 4.98 Å². The zero-order valence-electron chi connectivity index (χ0n) is 14.3. The Morgan fingerprint density at radius 1 is 1.16 bits per heavy atom. The van der Waals surface area contributed by atoms with Crippen molar-refractivity contribution in [3.05, 3.63) is 65.2 Å². The molecule has 1 aromatic heterocycles. The van der Waals surface area contributed by atoms with Crippen LogP contribution in [0.1, 0.15) is 36.4 Å². The Morgan fingerprint density at radius 3 is 2.68 bits per heavy atom. The highest BCUT2D eigenvalue weighted by molar-refractivity contribution is 7.99. The van der Waals surface area contributed by atoms with Crippen LogP contribution in [0.5, 0.6) is 0 Å². The number of fused-ring (bicyclic) bond motifs is 1. The first kappa shape index (κ1) is 18.0. The third-order valence-corrected chi connectivity index (χ3v) is 6.07. The molecule has 0 spiro atoms. The zero-order chi connectivity index (χ0) is 17.5. The summed E-state index contributed by atoms with van der Waals surface area (Å²) in [6, 6.07) is 18.4. The SMILES string of the molecule is CCCC(NC(=O)CSCc1nc2ccccc2s1)c1ccccc1. The Bertz CT molecular complexity index is 784. The summed E-state index contributed by atoms with van der Waals surface area (Å²) in [5.74, 6) is 1.33. The van der Waals surface area contributed by atoms with Crippen LogP contribution in [0.4, 0.5) is 0 Å². The van der Waals surface area contributed by atoms with Crippen LogP contribution in [0.2, 0.25) is 0 Å². The van der Waals surface area contributed by atoms with E-state index in [0.717, 1.165) is 29.1 Å². The molecule has 1 atom stereocenters. The fourth-order valence-corrected chi connectivity index (χ4v) is 4.60. The van der Waals surface area contributed by atoms with Gasteiger partial charge in [0, 0.05) is 5.75 Å². The summed E-state index contributed by atoms with van der Waals surface area (Å²) in [4.78, 5) is 16.9. The fourth-order valence-electron chi connectivity index (χ4n) is 2.74. The lowest BCUT2D eigenvalue weighted by Gasteiger charge is -2.18. The number of nitrogens with zero attached hydrogens (tertiary/aromatic N) is 1. The lowest BCUT2D eigenvalue weighted by molar-refractivity contribution is -0.119. The number of amides is 1. The van der Waals surface area contributed by atoms with Crippen molar-refractivity contribution in [2.24, 2.45) is 0 Å². The third-order valence-electron chi connectivity index (χ3n) is 3.91. The summed E-state index contributed by atoms with van der Waals surface area (Å²) in [5.41, 5.74) is 2.22. The van der Waals surface area contributed by atoms with E-state index in [4.69, 9.17) is 0 Å². The number of benzene rings is 2. The van der Waals surface area contributed by atoms with E-state index >= 15 is 0 Å². The van der Waals surface area contributed by atoms with Crippen LogP contribution in [0.15, 0.2) is 54.6 Å². The molecule has 1 amide bonds. The second-order valence-electron chi connectivity index (χ2n) is 5.89. The minimum Gasteiger partial charge on any atom is -0.349 e. The van der Waals surface area contributed by atoms with Crippen LogP contribution in [0, 0.1) is 0 Å². The Hall–Kier alpha value is -1.85. The van der Waals surface area contributed by atoms with E-state index in [2.05, 4.69) is 35.4 Å². The van der Waals surface area contributed by atoms with Gasteiger partial charge in [0.2, 0.25) is 5.91 Å². The molecule has 5 heteroatoms. The molecule has 0 aliphatic rings. The van der Waals surface area contributed by atoms with E-state index in [-0.39, 0.29) is 11.9 Å². The molecule has 1 heterocycles. The molecule has 3 aromatic rings. The molecule has 130 valence electrons. The molecule has 0 radical (unpaired) electrons. The maximum absolute atomic E-state index is 12.3. The molecule has 0 aliphatic carbocycles. The van der Waals surface area contributed by atoms with E-state index < -0.39 is 0 Å². The maximum atomic E-state index is 12.3. The molecular weight excluding hydrogens is 348 g/mol. The maximum Gasteiger partial charge on any atom is 0.230 e. The van der Waals surface area contributed by atoms with Crippen molar-refractivity contribution in [1.82, 2.24) is 10.3 Å². The van der Waals surface area contributed by atoms with E-state index in [1.807, 2.05) is 36.4 Å². The Balaban J connectivity index is 1.51. The number of nitrogens with one attached hydrogen (secondary N) is 1. The number of hydrogen-bond acceptors (Lipinski definition) is 4. The minimum absolute atomic E-state index is 0.0911. The van der Waals surface area contributed by atoms with Gasteiger partial charge in [0.25, 0.3) is 0 Å². The monoisotopic (exact) mass is 370 g/mol. The lowest BCUT2D eigenvalue weighted by atomic mass is 10.0. The second kappa shape index (κ2) is 9.02. The van der Waals surface area contributed by atoms with Crippen LogP contribution < -0.4 is 5.32 Å². The topological polar surface area (TPSA) is 42.0 Å². The average Bonchev–Trinajstić information content (AvgIpc) is 3.05. The largest absolute Gasteiger partial charge is 0.349 e. The number of para-hydroxylation sites is 1. The van der Waals surface area contributed by atoms with Crippen LogP contribution in [0.3, 0.4) is 0 Å². The molecule has 2 aromatic carbocycles. The van der Waals surface area contributed by atoms with Crippen molar-refractivity contribution >= 4 is 39.2 Å². The zero-order valence-corrected chi connectivity index (χ0v) is 15.9. The molecule has 0 aliphatic heterocycles. The molecule has 3 rings (SSSR count). The van der Waals surface area contributed by atoms with Gasteiger partial charge >= 0.3 is 0 Å². The van der Waals surface area contributed by atoms with E-state index in [9.17, 15) is 4.79 Å². The predicted molar refractivity (Wildman–Crippen MR) is 108 cm³/mol. The first-order valence-electron chi connectivity index (χ1n) is 8.52. The lowest BCUT2D eigenvalue weighted by Crippen LogP contribution is -2.30. The van der Waals surface area contributed by atoms with Gasteiger partial charge in [-0.1, -0.05) is 55.8 Å². The molecule has 0 saturated heterocycles. The summed E-state index contributed by atoms with van der Waals surface area (Å²) in [6.45, 7) is 2.14. The van der Waals surface area contributed by atoms with Crippen molar-refractivity contribution < 1.29 is 4.79 Å². The summed E-state index contributed by atoms with van der Waals surface area (Å²) in [5, 5.41) is 4.25. The standard InChI is InChI=1S/C20H22N2OS2/c1-2-8-16(15-9-4-3-5-10-15)21-19(23)13-24-14-20-22-17-11-6-7-12-18(17)25-20/h3-7,9-12,16H,2,8,13-14H2,1H3,(H,21,23). The minimum atomic E-state index is 0.0911. The van der Waals surface area contributed by atoms with Gasteiger partial charge in [-0.05, 0) is 24.1 Å². The van der Waals surface area contributed by atoms with Crippen molar-refractivity contribution in [3.63, 3.8) is 0 Å². The fraction of sp³-hybridized carbons (Fsp3) is 0.300. The van der Waals surface area contributed by atoms with Crippen LogP contribution in [-0.4, -0.2) is 16.6 Å². The number of thiazole rings is 1. The summed E-state index contributed by atoms with van der Waals surface area (Å²) < 4.78 is 1.20. The van der Waals surface area contributed by atoms with Gasteiger partial charge in [-0.2, -0.15) is 0 Å². The summed E-state index contributed by atoms with van der Waals surface area (Å²) in [6.07, 6.45) is 2.00. The van der Waals surface area contributed by atoms with Crippen LogP contribution in [-0.2, 0) is 10.5 Å². The smallest absolute Gasteiger partial charge is 0.230 e. The summed E-state index contributed by atoms with van der Waals surface area (Å²) in [7, 11) is 0. The molecule has 0 bridgehead atoms. The molecule has 3 nitrogen and oxygen atoms in total. The highest BCUT2D eigenvalue weighted by Crippen LogP contribution is 2.25. The number of thioether (sulfide) groups is 1. The van der Waals surface area contributed by atoms with Crippen molar-refractivity contribution in [1.29, 1.82) is 0 Å². The van der Waals surface area contributed by atoms with E-state index in [1.165, 1.54) is 10.3 Å². The first-order valence-corrected chi connectivity index (χ1v) is 10.5. The molecule has 0 fully saturated rings. The van der Waals surface area contributed by atoms with Crippen molar-refractivity contribution in [2.45, 2.75) is 31.6 Å². The number of aromatic nitrogens is 1. The van der Waals surface area contributed by atoms with Crippen LogP contribution in [0.25, 0.3) is 10.2 Å². The highest BCUT2D eigenvalue weighted by Gasteiger charge is 2.13. The molecular formula is C20H22N2OS2. The summed E-state index contributed by atoms with van der Waals surface area (Å²) >= 11 is 3.33. The molecule has 0 saturated carbocycles. The van der Waals surface area contributed by atoms with Gasteiger partial charge in [0.1, 0.15) is 5.01 Å². The highest BCUT2D eigenvalue weighted by atomic mass is 32.2. The van der Waals surface area contributed by atoms with Gasteiger partial charge in [0.15, 0.2) is 0 Å². The number of carbonyl (C=O) groups is 1. The molecule has 25 heavy (non-hydrogen) atoms. The molecule has 1 N–H and O–H groups in total. The predicted octanol–water partition coefficient (Wildman–Crippen LogP) is 5.19. The third kappa shape index (κ3) is 5.06. The number of hydrogen-bond donors (Lipinski definition) is 1. The quantitative estimate of drug-likeness (QED) is 0.593. The molecule has 1 unspecified atom stereocenters. The second-order valence-corrected chi connectivity index (χ2v) is 7.99. The van der Waals surface area contributed by atoms with Crippen molar-refractivity contribution in [2.75, 3.05) is 5.75 Å². The first-order chi connectivity index (χ1) is 12.3. The van der Waals surface area contributed by atoms with Gasteiger partial charge in [-0.3, -0.25) is 4.79 Å². The van der Waals surface area contributed by atoms with Gasteiger partial charge in [-0.15, -0.1) is 23.1 Å². The van der Waals surface area contributed by atoms with E-state index in [0.29, 0.717) is 5.75 Å². The average molecular weight is 371 g/mol. The van der Waals surface area contributed by atoms with E-state index in [1.54, 1.807) is 23.1 Å².